The molecule has 2 rings (SSSR count). The minimum absolute atomic E-state index is 0.0360. The third-order valence-electron chi connectivity index (χ3n) is 5.27. The van der Waals surface area contributed by atoms with Crippen LogP contribution in [0.5, 0.6) is 5.75 Å². The first-order chi connectivity index (χ1) is 16.7. The highest BCUT2D eigenvalue weighted by molar-refractivity contribution is 7.92. The Morgan fingerprint density at radius 1 is 1.14 bits per heavy atom. The van der Waals surface area contributed by atoms with Gasteiger partial charge in [0.25, 0.3) is 0 Å². The average Bonchev–Trinajstić information content (AvgIpc) is 2.77. The van der Waals surface area contributed by atoms with E-state index in [9.17, 15) is 22.4 Å². The molecule has 0 aliphatic carbocycles. The zero-order valence-corrected chi connectivity index (χ0v) is 22.9. The Morgan fingerprint density at radius 2 is 1.75 bits per heavy atom. The predicted molar refractivity (Wildman–Crippen MR) is 139 cm³/mol. The van der Waals surface area contributed by atoms with Gasteiger partial charge in [0.2, 0.25) is 21.8 Å². The van der Waals surface area contributed by atoms with Gasteiger partial charge in [-0.25, -0.2) is 12.8 Å². The third kappa shape index (κ3) is 8.09. The molecule has 2 aromatic carbocycles. The summed E-state index contributed by atoms with van der Waals surface area (Å²) >= 11 is 5.86. The van der Waals surface area contributed by atoms with Gasteiger partial charge >= 0.3 is 0 Å². The molecule has 0 aliphatic rings. The molecule has 0 aliphatic heterocycles. The average molecular weight is 542 g/mol. The monoisotopic (exact) mass is 541 g/mol. The standard InChI is InChI=1S/C25H33ClFN3O5S/c1-7-22(24(32)28-25(2,3)4)29(15-17-8-11-19(35-5)12-9-17)23(31)16-30(36(6,33)34)18-10-13-21(27)20(26)14-18/h8-14,22H,7,15-16H2,1-6H3,(H,28,32)/t22-/m0/s1. The molecule has 0 aromatic heterocycles. The molecule has 0 bridgehead atoms. The van der Waals surface area contributed by atoms with Gasteiger partial charge in [-0.3, -0.25) is 13.9 Å². The number of ether oxygens (including phenoxy) is 1. The summed E-state index contributed by atoms with van der Waals surface area (Å²) in [5.41, 5.74) is 0.221. The number of carbonyl (C=O) groups is 2. The lowest BCUT2D eigenvalue weighted by molar-refractivity contribution is -0.141. The van der Waals surface area contributed by atoms with Gasteiger partial charge in [-0.15, -0.1) is 0 Å². The zero-order valence-electron chi connectivity index (χ0n) is 21.3. The van der Waals surface area contributed by atoms with Gasteiger partial charge in [0, 0.05) is 12.1 Å². The maximum atomic E-state index is 13.7. The molecule has 0 spiro atoms. The lowest BCUT2D eigenvalue weighted by Crippen LogP contribution is -2.55. The van der Waals surface area contributed by atoms with E-state index in [2.05, 4.69) is 5.32 Å². The quantitative estimate of drug-likeness (QED) is 0.491. The second-order valence-corrected chi connectivity index (χ2v) is 11.7. The van der Waals surface area contributed by atoms with Crippen molar-refractivity contribution >= 4 is 39.1 Å². The maximum Gasteiger partial charge on any atom is 0.244 e. The van der Waals surface area contributed by atoms with E-state index in [0.29, 0.717) is 12.2 Å². The summed E-state index contributed by atoms with van der Waals surface area (Å²) in [5.74, 6) is -1.05. The first-order valence-corrected chi connectivity index (χ1v) is 13.6. The summed E-state index contributed by atoms with van der Waals surface area (Å²) < 4.78 is 44.9. The van der Waals surface area contributed by atoms with Crippen molar-refractivity contribution in [1.82, 2.24) is 10.2 Å². The topological polar surface area (TPSA) is 96.0 Å². The van der Waals surface area contributed by atoms with E-state index in [1.54, 1.807) is 31.2 Å². The molecule has 2 amide bonds. The lowest BCUT2D eigenvalue weighted by atomic mass is 10.1. The summed E-state index contributed by atoms with van der Waals surface area (Å²) in [7, 11) is -2.41. The molecule has 198 valence electrons. The van der Waals surface area contributed by atoms with Crippen molar-refractivity contribution in [2.45, 2.75) is 52.2 Å². The van der Waals surface area contributed by atoms with Crippen LogP contribution in [0, 0.1) is 5.82 Å². The Morgan fingerprint density at radius 3 is 2.22 bits per heavy atom. The summed E-state index contributed by atoms with van der Waals surface area (Å²) in [6.45, 7) is 6.72. The molecule has 8 nitrogen and oxygen atoms in total. The van der Waals surface area contributed by atoms with Crippen molar-refractivity contribution in [2.75, 3.05) is 24.2 Å². The number of hydrogen-bond donors (Lipinski definition) is 1. The first kappa shape index (κ1) is 29.4. The Kier molecular flexibility index (Phi) is 9.73. The number of hydrogen-bond acceptors (Lipinski definition) is 5. The van der Waals surface area contributed by atoms with Crippen molar-refractivity contribution in [3.8, 4) is 5.75 Å². The molecule has 0 unspecified atom stereocenters. The van der Waals surface area contributed by atoms with E-state index in [4.69, 9.17) is 16.3 Å². The molecule has 0 saturated heterocycles. The number of methoxy groups -OCH3 is 1. The Labute approximate surface area is 217 Å². The predicted octanol–water partition coefficient (Wildman–Crippen LogP) is 3.98. The highest BCUT2D eigenvalue weighted by Crippen LogP contribution is 2.25. The number of benzene rings is 2. The molecule has 0 heterocycles. The minimum atomic E-state index is -3.95. The summed E-state index contributed by atoms with van der Waals surface area (Å²) in [6, 6.07) is 9.53. The van der Waals surface area contributed by atoms with Crippen LogP contribution in [0.2, 0.25) is 5.02 Å². The van der Waals surface area contributed by atoms with Crippen molar-refractivity contribution in [2.24, 2.45) is 0 Å². The van der Waals surface area contributed by atoms with Gasteiger partial charge in [-0.05, 0) is 63.1 Å². The second kappa shape index (κ2) is 11.9. The summed E-state index contributed by atoms with van der Waals surface area (Å²) in [5, 5.41) is 2.62. The molecule has 1 atom stereocenters. The van der Waals surface area contributed by atoms with Crippen LogP contribution in [0.4, 0.5) is 10.1 Å². The van der Waals surface area contributed by atoms with Crippen molar-refractivity contribution in [3.05, 3.63) is 58.9 Å². The number of rotatable bonds is 10. The fraction of sp³-hybridized carbons (Fsp3) is 0.440. The molecular weight excluding hydrogens is 509 g/mol. The molecule has 36 heavy (non-hydrogen) atoms. The Balaban J connectivity index is 2.47. The van der Waals surface area contributed by atoms with Crippen LogP contribution >= 0.6 is 11.6 Å². The Bertz CT molecular complexity index is 1180. The van der Waals surface area contributed by atoms with Crippen molar-refractivity contribution in [3.63, 3.8) is 0 Å². The van der Waals surface area contributed by atoms with E-state index in [1.165, 1.54) is 18.1 Å². The van der Waals surface area contributed by atoms with Crippen LogP contribution in [0.15, 0.2) is 42.5 Å². The summed E-state index contributed by atoms with van der Waals surface area (Å²) in [6.07, 6.45) is 1.24. The van der Waals surface area contributed by atoms with Gasteiger partial charge in [0.05, 0.1) is 24.1 Å². The zero-order chi connectivity index (χ0) is 27.3. The van der Waals surface area contributed by atoms with Crippen LogP contribution in [0.25, 0.3) is 0 Å². The smallest absolute Gasteiger partial charge is 0.244 e. The van der Waals surface area contributed by atoms with Crippen LogP contribution in [-0.4, -0.2) is 56.6 Å². The SMILES string of the molecule is CC[C@@H](C(=O)NC(C)(C)C)N(Cc1ccc(OC)cc1)C(=O)CN(c1ccc(F)c(Cl)c1)S(C)(=O)=O. The van der Waals surface area contributed by atoms with E-state index >= 15 is 0 Å². The number of nitrogens with one attached hydrogen (secondary N) is 1. The fourth-order valence-electron chi connectivity index (χ4n) is 3.55. The normalized spacial score (nSPS) is 12.6. The van der Waals surface area contributed by atoms with Gasteiger partial charge in [-0.2, -0.15) is 0 Å². The van der Waals surface area contributed by atoms with E-state index < -0.39 is 39.9 Å². The number of nitrogens with zero attached hydrogens (tertiary/aromatic N) is 2. The molecular formula is C25H33ClFN3O5S. The number of amides is 2. The molecule has 1 N–H and O–H groups in total. The Hall–Kier alpha value is -2.85. The number of anilines is 1. The maximum absolute atomic E-state index is 13.7. The largest absolute Gasteiger partial charge is 0.497 e. The van der Waals surface area contributed by atoms with Gasteiger partial charge < -0.3 is 15.0 Å². The first-order valence-electron chi connectivity index (χ1n) is 11.3. The van der Waals surface area contributed by atoms with E-state index in [-0.39, 0.29) is 23.2 Å². The molecule has 11 heteroatoms. The van der Waals surface area contributed by atoms with Gasteiger partial charge in [0.1, 0.15) is 24.2 Å². The van der Waals surface area contributed by atoms with E-state index in [0.717, 1.165) is 28.3 Å². The third-order valence-corrected chi connectivity index (χ3v) is 6.70. The fourth-order valence-corrected chi connectivity index (χ4v) is 4.57. The van der Waals surface area contributed by atoms with Gasteiger partial charge in [-0.1, -0.05) is 30.7 Å². The number of halogens is 2. The number of carbonyl (C=O) groups excluding carboxylic acids is 2. The molecule has 0 saturated carbocycles. The molecule has 2 aromatic rings. The van der Waals surface area contributed by atoms with Crippen molar-refractivity contribution < 1.29 is 27.1 Å². The van der Waals surface area contributed by atoms with Crippen molar-refractivity contribution in [1.29, 1.82) is 0 Å². The van der Waals surface area contributed by atoms with E-state index in [1.807, 2.05) is 20.8 Å². The highest BCUT2D eigenvalue weighted by Gasteiger charge is 2.33. The lowest BCUT2D eigenvalue weighted by Gasteiger charge is -2.34. The number of sulfonamides is 1. The van der Waals surface area contributed by atoms with Crippen LogP contribution in [0.3, 0.4) is 0 Å². The van der Waals surface area contributed by atoms with Crippen LogP contribution in [-0.2, 0) is 26.2 Å². The van der Waals surface area contributed by atoms with Crippen LogP contribution < -0.4 is 14.4 Å². The molecule has 0 fully saturated rings. The summed E-state index contributed by atoms with van der Waals surface area (Å²) in [4.78, 5) is 28.1. The second-order valence-electron chi connectivity index (χ2n) is 9.40. The highest BCUT2D eigenvalue weighted by atomic mass is 35.5. The van der Waals surface area contributed by atoms with Crippen LogP contribution in [0.1, 0.15) is 39.7 Å². The minimum Gasteiger partial charge on any atom is -0.497 e. The molecule has 0 radical (unpaired) electrons. The van der Waals surface area contributed by atoms with Gasteiger partial charge in [0.15, 0.2) is 0 Å².